The van der Waals surface area contributed by atoms with E-state index in [0.717, 1.165) is 5.56 Å². The predicted molar refractivity (Wildman–Crippen MR) is 54.2 cm³/mol. The van der Waals surface area contributed by atoms with Gasteiger partial charge in [-0.2, -0.15) is 5.10 Å². The third-order valence-electron chi connectivity index (χ3n) is 2.88. The van der Waals surface area contributed by atoms with Crippen LogP contribution < -0.4 is 10.5 Å². The molecule has 1 aromatic heterocycles. The Hall–Kier alpha value is -1.32. The number of rotatable bonds is 2. The van der Waals surface area contributed by atoms with E-state index in [2.05, 4.69) is 10.2 Å². The number of methoxy groups -OCH3 is 1. The standard InChI is InChI=1S/C10H15N3O/c1-14-10-9(11)8(6-12-13-10)7-4-2-3-5-7/h6-7H,2-5H2,1H3,(H2,11,12). The molecule has 14 heavy (non-hydrogen) atoms. The Balaban J connectivity index is 2.32. The lowest BCUT2D eigenvalue weighted by Gasteiger charge is -2.12. The van der Waals surface area contributed by atoms with Gasteiger partial charge in [0.15, 0.2) is 0 Å². The summed E-state index contributed by atoms with van der Waals surface area (Å²) in [5, 5.41) is 7.74. The first kappa shape index (κ1) is 9.24. The molecule has 0 radical (unpaired) electrons. The zero-order chi connectivity index (χ0) is 9.97. The second-order valence-corrected chi connectivity index (χ2v) is 3.70. The predicted octanol–water partition coefficient (Wildman–Crippen LogP) is 1.72. The summed E-state index contributed by atoms with van der Waals surface area (Å²) in [4.78, 5) is 0. The van der Waals surface area contributed by atoms with Crippen molar-refractivity contribution in [1.82, 2.24) is 10.2 Å². The highest BCUT2D eigenvalue weighted by Crippen LogP contribution is 2.38. The SMILES string of the molecule is COc1nncc(C2CCCC2)c1N. The van der Waals surface area contributed by atoms with E-state index in [1.807, 2.05) is 0 Å². The van der Waals surface area contributed by atoms with Gasteiger partial charge in [-0.1, -0.05) is 12.8 Å². The third-order valence-corrected chi connectivity index (χ3v) is 2.88. The van der Waals surface area contributed by atoms with Gasteiger partial charge in [-0.05, 0) is 18.8 Å². The number of nitrogen functional groups attached to an aromatic ring is 1. The first-order chi connectivity index (χ1) is 6.83. The molecule has 1 fully saturated rings. The van der Waals surface area contributed by atoms with Gasteiger partial charge in [0.2, 0.25) is 0 Å². The van der Waals surface area contributed by atoms with E-state index in [4.69, 9.17) is 10.5 Å². The number of nitrogens with zero attached hydrogens (tertiary/aromatic N) is 2. The molecule has 1 saturated carbocycles. The second-order valence-electron chi connectivity index (χ2n) is 3.70. The van der Waals surface area contributed by atoms with Crippen LogP contribution in [0.3, 0.4) is 0 Å². The van der Waals surface area contributed by atoms with Gasteiger partial charge in [-0.3, -0.25) is 0 Å². The number of anilines is 1. The smallest absolute Gasteiger partial charge is 0.256 e. The Morgan fingerprint density at radius 1 is 1.43 bits per heavy atom. The molecule has 4 heteroatoms. The van der Waals surface area contributed by atoms with Crippen LogP contribution in [-0.4, -0.2) is 17.3 Å². The molecule has 0 aliphatic heterocycles. The topological polar surface area (TPSA) is 61.0 Å². The first-order valence-electron chi connectivity index (χ1n) is 4.98. The third kappa shape index (κ3) is 1.52. The number of hydrogen-bond acceptors (Lipinski definition) is 4. The van der Waals surface area contributed by atoms with Crippen LogP contribution in [0.2, 0.25) is 0 Å². The van der Waals surface area contributed by atoms with Crippen molar-refractivity contribution in [3.05, 3.63) is 11.8 Å². The largest absolute Gasteiger partial charge is 0.478 e. The van der Waals surface area contributed by atoms with Crippen molar-refractivity contribution < 1.29 is 4.74 Å². The molecule has 76 valence electrons. The molecule has 0 aromatic carbocycles. The van der Waals surface area contributed by atoms with Crippen molar-refractivity contribution in [1.29, 1.82) is 0 Å². The van der Waals surface area contributed by atoms with E-state index >= 15 is 0 Å². The molecular formula is C10H15N3O. The Labute approximate surface area is 83.5 Å². The minimum Gasteiger partial charge on any atom is -0.478 e. The van der Waals surface area contributed by atoms with E-state index in [-0.39, 0.29) is 0 Å². The van der Waals surface area contributed by atoms with Crippen LogP contribution in [0.5, 0.6) is 5.88 Å². The molecule has 4 nitrogen and oxygen atoms in total. The maximum absolute atomic E-state index is 5.95. The fraction of sp³-hybridized carbons (Fsp3) is 0.600. The van der Waals surface area contributed by atoms with Gasteiger partial charge in [0.05, 0.1) is 13.3 Å². The first-order valence-corrected chi connectivity index (χ1v) is 4.98. The van der Waals surface area contributed by atoms with Crippen LogP contribution >= 0.6 is 0 Å². The minimum absolute atomic E-state index is 0.453. The Morgan fingerprint density at radius 3 is 2.79 bits per heavy atom. The van der Waals surface area contributed by atoms with E-state index in [1.54, 1.807) is 13.3 Å². The van der Waals surface area contributed by atoms with E-state index in [9.17, 15) is 0 Å². The lowest BCUT2D eigenvalue weighted by atomic mass is 9.98. The van der Waals surface area contributed by atoms with Gasteiger partial charge < -0.3 is 10.5 Å². The maximum atomic E-state index is 5.95. The van der Waals surface area contributed by atoms with Gasteiger partial charge in [0.25, 0.3) is 5.88 Å². The van der Waals surface area contributed by atoms with Gasteiger partial charge in [0, 0.05) is 5.56 Å². The summed E-state index contributed by atoms with van der Waals surface area (Å²) in [7, 11) is 1.57. The zero-order valence-electron chi connectivity index (χ0n) is 8.36. The van der Waals surface area contributed by atoms with E-state index in [0.29, 0.717) is 17.5 Å². The van der Waals surface area contributed by atoms with Crippen molar-refractivity contribution in [2.45, 2.75) is 31.6 Å². The molecule has 0 bridgehead atoms. The number of hydrogen-bond donors (Lipinski definition) is 1. The Morgan fingerprint density at radius 2 is 2.14 bits per heavy atom. The molecule has 2 N–H and O–H groups in total. The van der Waals surface area contributed by atoms with E-state index < -0.39 is 0 Å². The van der Waals surface area contributed by atoms with Crippen LogP contribution in [0.15, 0.2) is 6.20 Å². The molecule has 0 atom stereocenters. The zero-order valence-corrected chi connectivity index (χ0v) is 8.36. The average Bonchev–Trinajstić information content (AvgIpc) is 2.71. The summed E-state index contributed by atoms with van der Waals surface area (Å²) in [6.07, 6.45) is 6.76. The summed E-state index contributed by atoms with van der Waals surface area (Å²) in [5.41, 5.74) is 7.71. The molecule has 2 rings (SSSR count). The monoisotopic (exact) mass is 193 g/mol. The maximum Gasteiger partial charge on any atom is 0.256 e. The molecule has 1 aliphatic rings. The van der Waals surface area contributed by atoms with Crippen molar-refractivity contribution in [3.8, 4) is 5.88 Å². The molecular weight excluding hydrogens is 178 g/mol. The van der Waals surface area contributed by atoms with Crippen LogP contribution in [0.4, 0.5) is 5.69 Å². The summed E-state index contributed by atoms with van der Waals surface area (Å²) < 4.78 is 5.05. The van der Waals surface area contributed by atoms with Crippen LogP contribution in [0.1, 0.15) is 37.2 Å². The van der Waals surface area contributed by atoms with Gasteiger partial charge in [0.1, 0.15) is 5.69 Å². The number of ether oxygens (including phenoxy) is 1. The van der Waals surface area contributed by atoms with Crippen LogP contribution in [0.25, 0.3) is 0 Å². The summed E-state index contributed by atoms with van der Waals surface area (Å²) in [6, 6.07) is 0. The summed E-state index contributed by atoms with van der Waals surface area (Å²) in [5.74, 6) is 1.01. The van der Waals surface area contributed by atoms with E-state index in [1.165, 1.54) is 25.7 Å². The highest BCUT2D eigenvalue weighted by atomic mass is 16.5. The lowest BCUT2D eigenvalue weighted by Crippen LogP contribution is -2.04. The second kappa shape index (κ2) is 3.82. The highest BCUT2D eigenvalue weighted by molar-refractivity contribution is 5.54. The fourth-order valence-corrected chi connectivity index (χ4v) is 2.10. The fourth-order valence-electron chi connectivity index (χ4n) is 2.10. The Bertz CT molecular complexity index is 321. The van der Waals surface area contributed by atoms with Crippen molar-refractivity contribution in [2.75, 3.05) is 12.8 Å². The Kier molecular flexibility index (Phi) is 2.52. The highest BCUT2D eigenvalue weighted by Gasteiger charge is 2.21. The molecule has 1 heterocycles. The number of nitrogens with two attached hydrogens (primary N) is 1. The normalized spacial score (nSPS) is 17.2. The van der Waals surface area contributed by atoms with Gasteiger partial charge >= 0.3 is 0 Å². The molecule has 0 saturated heterocycles. The molecule has 0 spiro atoms. The average molecular weight is 193 g/mol. The molecule has 1 aliphatic carbocycles. The quantitative estimate of drug-likeness (QED) is 0.777. The minimum atomic E-state index is 0.453. The number of aromatic nitrogens is 2. The van der Waals surface area contributed by atoms with Crippen LogP contribution in [-0.2, 0) is 0 Å². The lowest BCUT2D eigenvalue weighted by molar-refractivity contribution is 0.393. The molecule has 0 amide bonds. The summed E-state index contributed by atoms with van der Waals surface area (Å²) in [6.45, 7) is 0. The molecule has 1 aromatic rings. The summed E-state index contributed by atoms with van der Waals surface area (Å²) >= 11 is 0. The van der Waals surface area contributed by atoms with Crippen LogP contribution in [0, 0.1) is 0 Å². The van der Waals surface area contributed by atoms with Crippen molar-refractivity contribution in [3.63, 3.8) is 0 Å². The van der Waals surface area contributed by atoms with Crippen molar-refractivity contribution in [2.24, 2.45) is 0 Å². The molecule has 0 unspecified atom stereocenters. The van der Waals surface area contributed by atoms with Gasteiger partial charge in [-0.15, -0.1) is 5.10 Å². The van der Waals surface area contributed by atoms with Crippen molar-refractivity contribution >= 4 is 5.69 Å². The van der Waals surface area contributed by atoms with Gasteiger partial charge in [-0.25, -0.2) is 0 Å².